The number of nitrogens with one attached hydrogen (secondary N) is 1. The number of nitrogens with two attached hydrogens (primary N) is 1. The van der Waals surface area contributed by atoms with E-state index in [0.717, 1.165) is 11.3 Å². The minimum Gasteiger partial charge on any atom is -0.325 e. The zero-order valence-corrected chi connectivity index (χ0v) is 10.1. The van der Waals surface area contributed by atoms with Gasteiger partial charge in [-0.25, -0.2) is 4.68 Å². The largest absolute Gasteiger partial charge is 0.325 e. The van der Waals surface area contributed by atoms with Gasteiger partial charge in [0.05, 0.1) is 11.9 Å². The minimum absolute atomic E-state index is 0.126. The van der Waals surface area contributed by atoms with Gasteiger partial charge in [0.25, 0.3) is 0 Å². The zero-order valence-electron chi connectivity index (χ0n) is 10.1. The Balaban J connectivity index is 1.96. The lowest BCUT2D eigenvalue weighted by molar-refractivity contribution is -0.116. The molecule has 1 amide bonds. The van der Waals surface area contributed by atoms with Crippen molar-refractivity contribution in [2.75, 3.05) is 5.32 Å². The third kappa shape index (κ3) is 3.14. The number of hydrogen-bond acceptors (Lipinski definition) is 4. The molecule has 3 N–H and O–H groups in total. The van der Waals surface area contributed by atoms with E-state index in [0.29, 0.717) is 12.2 Å². The molecule has 0 unspecified atom stereocenters. The van der Waals surface area contributed by atoms with Gasteiger partial charge in [0.15, 0.2) is 0 Å². The van der Waals surface area contributed by atoms with E-state index in [1.54, 1.807) is 6.20 Å². The van der Waals surface area contributed by atoms with Crippen molar-refractivity contribution in [3.05, 3.63) is 41.7 Å². The van der Waals surface area contributed by atoms with Gasteiger partial charge < -0.3 is 11.1 Å². The molecular weight excluding hydrogens is 230 g/mol. The monoisotopic (exact) mass is 245 g/mol. The first-order chi connectivity index (χ1) is 8.67. The standard InChI is InChI=1S/C12H15N5O/c1-9-3-2-4-10(5-9)14-12(18)8-17-7-11(6-13)15-16-17/h2-5,7H,6,8,13H2,1H3,(H,14,18). The number of rotatable bonds is 4. The predicted molar refractivity (Wildman–Crippen MR) is 67.7 cm³/mol. The van der Waals surface area contributed by atoms with Crippen molar-refractivity contribution < 1.29 is 4.79 Å². The van der Waals surface area contributed by atoms with E-state index < -0.39 is 0 Å². The summed E-state index contributed by atoms with van der Waals surface area (Å²) in [4.78, 5) is 11.8. The fourth-order valence-electron chi connectivity index (χ4n) is 1.58. The Labute approximate surface area is 105 Å². The summed E-state index contributed by atoms with van der Waals surface area (Å²) < 4.78 is 1.47. The lowest BCUT2D eigenvalue weighted by Crippen LogP contribution is -2.19. The van der Waals surface area contributed by atoms with Crippen LogP contribution in [0, 0.1) is 6.92 Å². The predicted octanol–water partition coefficient (Wildman–Crippen LogP) is 0.684. The maximum absolute atomic E-state index is 11.8. The van der Waals surface area contributed by atoms with Crippen LogP contribution in [0.4, 0.5) is 5.69 Å². The smallest absolute Gasteiger partial charge is 0.246 e. The molecule has 1 aromatic heterocycles. The molecule has 0 radical (unpaired) electrons. The van der Waals surface area contributed by atoms with E-state index in [1.165, 1.54) is 4.68 Å². The van der Waals surface area contributed by atoms with Crippen LogP contribution in [0.25, 0.3) is 0 Å². The third-order valence-electron chi connectivity index (χ3n) is 2.40. The summed E-state index contributed by atoms with van der Waals surface area (Å²) in [6.45, 7) is 2.42. The number of nitrogens with zero attached hydrogens (tertiary/aromatic N) is 3. The van der Waals surface area contributed by atoms with E-state index in [9.17, 15) is 4.79 Å². The number of aryl methyl sites for hydroxylation is 1. The first kappa shape index (κ1) is 12.3. The Bertz CT molecular complexity index is 549. The molecule has 0 atom stereocenters. The first-order valence-electron chi connectivity index (χ1n) is 5.63. The second kappa shape index (κ2) is 5.42. The van der Waals surface area contributed by atoms with E-state index in [2.05, 4.69) is 15.6 Å². The Kier molecular flexibility index (Phi) is 3.69. The molecule has 6 nitrogen and oxygen atoms in total. The van der Waals surface area contributed by atoms with Crippen molar-refractivity contribution in [2.24, 2.45) is 5.73 Å². The summed E-state index contributed by atoms with van der Waals surface area (Å²) in [6.07, 6.45) is 1.66. The highest BCUT2D eigenvalue weighted by atomic mass is 16.2. The van der Waals surface area contributed by atoms with Crippen LogP contribution in [-0.4, -0.2) is 20.9 Å². The van der Waals surface area contributed by atoms with Crippen LogP contribution in [0.3, 0.4) is 0 Å². The summed E-state index contributed by atoms with van der Waals surface area (Å²) >= 11 is 0. The molecule has 0 bridgehead atoms. The zero-order chi connectivity index (χ0) is 13.0. The van der Waals surface area contributed by atoms with Crippen LogP contribution in [0.1, 0.15) is 11.3 Å². The van der Waals surface area contributed by atoms with Gasteiger partial charge >= 0.3 is 0 Å². The van der Waals surface area contributed by atoms with Crippen LogP contribution >= 0.6 is 0 Å². The molecule has 0 aliphatic carbocycles. The topological polar surface area (TPSA) is 85.8 Å². The van der Waals surface area contributed by atoms with Crippen molar-refractivity contribution in [3.8, 4) is 0 Å². The molecule has 0 saturated heterocycles. The van der Waals surface area contributed by atoms with Crippen molar-refractivity contribution in [2.45, 2.75) is 20.0 Å². The molecular formula is C12H15N5O. The van der Waals surface area contributed by atoms with E-state index in [4.69, 9.17) is 5.73 Å². The summed E-state index contributed by atoms with van der Waals surface area (Å²) in [5, 5.41) is 10.4. The van der Waals surface area contributed by atoms with Crippen molar-refractivity contribution in [3.63, 3.8) is 0 Å². The minimum atomic E-state index is -0.144. The molecule has 2 aromatic rings. The summed E-state index contributed by atoms with van der Waals surface area (Å²) in [6, 6.07) is 7.62. The Morgan fingerprint density at radius 3 is 3.00 bits per heavy atom. The molecule has 0 saturated carbocycles. The van der Waals surface area contributed by atoms with Gasteiger partial charge in [-0.05, 0) is 24.6 Å². The molecule has 94 valence electrons. The van der Waals surface area contributed by atoms with Gasteiger partial charge in [-0.1, -0.05) is 17.3 Å². The summed E-state index contributed by atoms with van der Waals surface area (Å²) in [7, 11) is 0. The lowest BCUT2D eigenvalue weighted by Gasteiger charge is -2.05. The normalized spacial score (nSPS) is 10.3. The van der Waals surface area contributed by atoms with Gasteiger partial charge in [-0.15, -0.1) is 5.10 Å². The molecule has 0 aliphatic heterocycles. The average molecular weight is 245 g/mol. The fourth-order valence-corrected chi connectivity index (χ4v) is 1.58. The molecule has 18 heavy (non-hydrogen) atoms. The molecule has 1 heterocycles. The Hall–Kier alpha value is -2.21. The van der Waals surface area contributed by atoms with Crippen molar-refractivity contribution in [1.82, 2.24) is 15.0 Å². The van der Waals surface area contributed by atoms with Crippen LogP contribution in [0.5, 0.6) is 0 Å². The van der Waals surface area contributed by atoms with Crippen LogP contribution in [0.15, 0.2) is 30.5 Å². The molecule has 6 heteroatoms. The van der Waals surface area contributed by atoms with Gasteiger partial charge in [-0.2, -0.15) is 0 Å². The van der Waals surface area contributed by atoms with Gasteiger partial charge in [0.1, 0.15) is 6.54 Å². The van der Waals surface area contributed by atoms with E-state index in [1.807, 2.05) is 31.2 Å². The number of amides is 1. The first-order valence-corrected chi connectivity index (χ1v) is 5.63. The average Bonchev–Trinajstić information content (AvgIpc) is 2.76. The second-order valence-corrected chi connectivity index (χ2v) is 4.03. The number of carbonyl (C=O) groups is 1. The molecule has 0 fully saturated rings. The number of hydrogen-bond donors (Lipinski definition) is 2. The second-order valence-electron chi connectivity index (χ2n) is 4.03. The fraction of sp³-hybridized carbons (Fsp3) is 0.250. The maximum atomic E-state index is 11.8. The van der Waals surface area contributed by atoms with Crippen LogP contribution in [-0.2, 0) is 17.9 Å². The van der Waals surface area contributed by atoms with Gasteiger partial charge in [0.2, 0.25) is 5.91 Å². The van der Waals surface area contributed by atoms with E-state index >= 15 is 0 Å². The molecule has 2 rings (SSSR count). The van der Waals surface area contributed by atoms with Crippen molar-refractivity contribution in [1.29, 1.82) is 0 Å². The Morgan fingerprint density at radius 1 is 1.50 bits per heavy atom. The number of aromatic nitrogens is 3. The maximum Gasteiger partial charge on any atom is 0.246 e. The van der Waals surface area contributed by atoms with Crippen LogP contribution in [0.2, 0.25) is 0 Å². The lowest BCUT2D eigenvalue weighted by atomic mass is 10.2. The Morgan fingerprint density at radius 2 is 2.33 bits per heavy atom. The quantitative estimate of drug-likeness (QED) is 0.829. The highest BCUT2D eigenvalue weighted by Crippen LogP contribution is 2.09. The van der Waals surface area contributed by atoms with Crippen molar-refractivity contribution >= 4 is 11.6 Å². The van der Waals surface area contributed by atoms with Gasteiger partial charge in [-0.3, -0.25) is 4.79 Å². The third-order valence-corrected chi connectivity index (χ3v) is 2.40. The van der Waals surface area contributed by atoms with Crippen LogP contribution < -0.4 is 11.1 Å². The molecule has 0 spiro atoms. The van der Waals surface area contributed by atoms with E-state index in [-0.39, 0.29) is 12.5 Å². The number of carbonyl (C=O) groups excluding carboxylic acids is 1. The number of anilines is 1. The van der Waals surface area contributed by atoms with Gasteiger partial charge in [0, 0.05) is 12.2 Å². The molecule has 1 aromatic carbocycles. The molecule has 0 aliphatic rings. The number of benzene rings is 1. The highest BCUT2D eigenvalue weighted by molar-refractivity contribution is 5.90. The highest BCUT2D eigenvalue weighted by Gasteiger charge is 2.05. The SMILES string of the molecule is Cc1cccc(NC(=O)Cn2cc(CN)nn2)c1. The summed E-state index contributed by atoms with van der Waals surface area (Å²) in [5.74, 6) is -0.144. The summed E-state index contributed by atoms with van der Waals surface area (Å²) in [5.41, 5.74) is 7.96.